The van der Waals surface area contributed by atoms with Crippen molar-refractivity contribution in [1.82, 2.24) is 0 Å². The van der Waals surface area contributed by atoms with Crippen LogP contribution in [0.4, 0.5) is 13.2 Å². The predicted octanol–water partition coefficient (Wildman–Crippen LogP) is 4.19. The highest BCUT2D eigenvalue weighted by molar-refractivity contribution is 8.03. The molecule has 1 aliphatic rings. The van der Waals surface area contributed by atoms with Crippen molar-refractivity contribution in [1.29, 1.82) is 0 Å². The number of hydrogen-bond acceptors (Lipinski definition) is 2. The molecule has 0 aliphatic heterocycles. The van der Waals surface area contributed by atoms with Crippen LogP contribution in [0, 0.1) is 0 Å². The summed E-state index contributed by atoms with van der Waals surface area (Å²) in [6.07, 6.45) is -1.21. The predicted molar refractivity (Wildman–Crippen MR) is 65.1 cm³/mol. The van der Waals surface area contributed by atoms with E-state index in [2.05, 4.69) is 0 Å². The van der Waals surface area contributed by atoms with Crippen molar-refractivity contribution in [2.45, 2.75) is 24.8 Å². The van der Waals surface area contributed by atoms with Crippen LogP contribution in [0.2, 0.25) is 0 Å². The molecule has 0 radical (unpaired) electrons. The molecule has 1 aromatic rings. The molecule has 0 N–H and O–H groups in total. The summed E-state index contributed by atoms with van der Waals surface area (Å²) in [7, 11) is 0. The smallest absolute Gasteiger partial charge is 0.294 e. The molecule has 0 atom stereocenters. The molecule has 1 nitrogen and oxygen atoms in total. The quantitative estimate of drug-likeness (QED) is 0.821. The van der Waals surface area contributed by atoms with E-state index in [1.807, 2.05) is 6.08 Å². The van der Waals surface area contributed by atoms with Crippen LogP contribution >= 0.6 is 11.8 Å². The number of alkyl halides is 3. The van der Waals surface area contributed by atoms with Gasteiger partial charge < -0.3 is 0 Å². The average Bonchev–Trinajstić information content (AvgIpc) is 2.72. The van der Waals surface area contributed by atoms with Crippen LogP contribution < -0.4 is 0 Å². The molecule has 0 aromatic heterocycles. The van der Waals surface area contributed by atoms with E-state index in [0.29, 0.717) is 22.6 Å². The molecule has 5 heteroatoms. The highest BCUT2D eigenvalue weighted by atomic mass is 32.2. The number of rotatable bonds is 3. The average molecular weight is 272 g/mol. The lowest BCUT2D eigenvalue weighted by Crippen LogP contribution is -2.05. The van der Waals surface area contributed by atoms with Gasteiger partial charge in [-0.1, -0.05) is 24.3 Å². The maximum absolute atomic E-state index is 12.5. The first-order chi connectivity index (χ1) is 8.47. The van der Waals surface area contributed by atoms with Crippen molar-refractivity contribution < 1.29 is 18.0 Å². The molecule has 18 heavy (non-hydrogen) atoms. The summed E-state index contributed by atoms with van der Waals surface area (Å²) in [6.45, 7) is 0. The fourth-order valence-corrected chi connectivity index (χ4v) is 2.71. The highest BCUT2D eigenvalue weighted by Gasteiger charge is 2.30. The Morgan fingerprint density at radius 2 is 2.06 bits per heavy atom. The number of thioether (sulfide) groups is 1. The van der Waals surface area contributed by atoms with Crippen molar-refractivity contribution >= 4 is 17.5 Å². The minimum atomic E-state index is -4.32. The van der Waals surface area contributed by atoms with E-state index >= 15 is 0 Å². The molecule has 0 bridgehead atoms. The summed E-state index contributed by atoms with van der Waals surface area (Å²) in [5.74, 6) is 0.480. The first-order valence-corrected chi connectivity index (χ1v) is 6.47. The zero-order chi connectivity index (χ0) is 13.2. The van der Waals surface area contributed by atoms with Crippen molar-refractivity contribution in [3.8, 4) is 0 Å². The van der Waals surface area contributed by atoms with E-state index in [1.54, 1.807) is 6.07 Å². The van der Waals surface area contributed by atoms with Gasteiger partial charge in [0.05, 0.1) is 5.56 Å². The zero-order valence-electron chi connectivity index (χ0n) is 9.46. The fourth-order valence-electron chi connectivity index (χ4n) is 1.71. The van der Waals surface area contributed by atoms with Gasteiger partial charge in [0, 0.05) is 17.1 Å². The monoisotopic (exact) mass is 272 g/mol. The van der Waals surface area contributed by atoms with Gasteiger partial charge in [-0.3, -0.25) is 4.79 Å². The lowest BCUT2D eigenvalue weighted by atomic mass is 10.1. The summed E-state index contributed by atoms with van der Waals surface area (Å²) in [5, 5.41) is 0. The summed E-state index contributed by atoms with van der Waals surface area (Å²) in [4.78, 5) is 12.0. The minimum absolute atomic E-state index is 0.0898. The number of benzene rings is 1. The van der Waals surface area contributed by atoms with E-state index in [0.717, 1.165) is 18.6 Å². The molecule has 1 aromatic carbocycles. The van der Waals surface area contributed by atoms with Crippen LogP contribution in [0.15, 0.2) is 35.2 Å². The Kier molecular flexibility index (Phi) is 3.80. The Hall–Kier alpha value is -1.23. The summed E-state index contributed by atoms with van der Waals surface area (Å²) < 4.78 is 37.5. The Bertz CT molecular complexity index is 491. The molecule has 0 heterocycles. The van der Waals surface area contributed by atoms with E-state index in [-0.39, 0.29) is 5.78 Å². The molecule has 1 aliphatic carbocycles. The standard InChI is InChI=1S/C13H11F3OS/c14-13(15,16)10-4-1-3-9(7-10)8-18-12-6-2-5-11(12)17/h1,3-4,6-7H,2,5,8H2. The molecule has 96 valence electrons. The fraction of sp³-hybridized carbons (Fsp3) is 0.308. The number of allylic oxidation sites excluding steroid dienone is 2. The SMILES string of the molecule is O=C1CCC=C1SCc1cccc(C(F)(F)F)c1. The molecular formula is C13H11F3OS. The molecular weight excluding hydrogens is 261 g/mol. The van der Waals surface area contributed by atoms with Crippen molar-refractivity contribution in [2.75, 3.05) is 0 Å². The van der Waals surface area contributed by atoms with Gasteiger partial charge in [0.1, 0.15) is 0 Å². The van der Waals surface area contributed by atoms with Crippen LogP contribution in [0.5, 0.6) is 0 Å². The first-order valence-electron chi connectivity index (χ1n) is 5.49. The van der Waals surface area contributed by atoms with Gasteiger partial charge in [0.15, 0.2) is 5.78 Å². The Morgan fingerprint density at radius 1 is 1.28 bits per heavy atom. The maximum Gasteiger partial charge on any atom is 0.416 e. The van der Waals surface area contributed by atoms with Crippen molar-refractivity contribution in [3.63, 3.8) is 0 Å². The second kappa shape index (κ2) is 5.18. The number of carbonyl (C=O) groups is 1. The van der Waals surface area contributed by atoms with Gasteiger partial charge in [0.25, 0.3) is 0 Å². The van der Waals surface area contributed by atoms with Gasteiger partial charge in [-0.15, -0.1) is 11.8 Å². The number of halogens is 3. The Labute approximate surface area is 107 Å². The first kappa shape index (κ1) is 13.2. The van der Waals surface area contributed by atoms with Gasteiger partial charge in [0.2, 0.25) is 0 Å². The summed E-state index contributed by atoms with van der Waals surface area (Å²) >= 11 is 1.31. The number of carbonyl (C=O) groups excluding carboxylic acids is 1. The minimum Gasteiger partial charge on any atom is -0.294 e. The van der Waals surface area contributed by atoms with Gasteiger partial charge >= 0.3 is 6.18 Å². The van der Waals surface area contributed by atoms with E-state index in [9.17, 15) is 18.0 Å². The number of ketones is 1. The third kappa shape index (κ3) is 3.16. The topological polar surface area (TPSA) is 17.1 Å². The summed E-state index contributed by atoms with van der Waals surface area (Å²) in [5.41, 5.74) is -0.0669. The van der Waals surface area contributed by atoms with Crippen LogP contribution in [0.3, 0.4) is 0 Å². The van der Waals surface area contributed by atoms with Crippen LogP contribution in [-0.2, 0) is 16.7 Å². The Morgan fingerprint density at radius 3 is 2.67 bits per heavy atom. The number of hydrogen-bond donors (Lipinski definition) is 0. The number of Topliss-reactive ketones (excluding diaryl/α,β-unsaturated/α-hetero) is 1. The van der Waals surface area contributed by atoms with E-state index in [4.69, 9.17) is 0 Å². The van der Waals surface area contributed by atoms with Crippen LogP contribution in [0.1, 0.15) is 24.0 Å². The van der Waals surface area contributed by atoms with Gasteiger partial charge in [-0.2, -0.15) is 13.2 Å². The van der Waals surface area contributed by atoms with E-state index < -0.39 is 11.7 Å². The third-order valence-electron chi connectivity index (χ3n) is 2.62. The molecule has 0 spiro atoms. The largest absolute Gasteiger partial charge is 0.416 e. The van der Waals surface area contributed by atoms with Crippen molar-refractivity contribution in [2.24, 2.45) is 0 Å². The normalized spacial score (nSPS) is 15.9. The second-order valence-electron chi connectivity index (χ2n) is 4.02. The molecule has 0 fully saturated rings. The molecule has 2 rings (SSSR count). The third-order valence-corrected chi connectivity index (χ3v) is 3.81. The lowest BCUT2D eigenvalue weighted by Gasteiger charge is -2.08. The second-order valence-corrected chi connectivity index (χ2v) is 5.03. The van der Waals surface area contributed by atoms with Crippen LogP contribution in [-0.4, -0.2) is 5.78 Å². The van der Waals surface area contributed by atoms with Gasteiger partial charge in [-0.05, 0) is 18.1 Å². The lowest BCUT2D eigenvalue weighted by molar-refractivity contribution is -0.137. The molecule has 0 unspecified atom stereocenters. The van der Waals surface area contributed by atoms with Crippen molar-refractivity contribution in [3.05, 3.63) is 46.4 Å². The Balaban J connectivity index is 2.04. The maximum atomic E-state index is 12.5. The summed E-state index contributed by atoms with van der Waals surface area (Å²) in [6, 6.07) is 5.22. The van der Waals surface area contributed by atoms with Crippen LogP contribution in [0.25, 0.3) is 0 Å². The zero-order valence-corrected chi connectivity index (χ0v) is 10.3. The van der Waals surface area contributed by atoms with E-state index in [1.165, 1.54) is 17.8 Å². The molecule has 0 saturated heterocycles. The molecule has 0 saturated carbocycles. The van der Waals surface area contributed by atoms with Gasteiger partial charge in [-0.25, -0.2) is 0 Å². The molecule has 0 amide bonds. The highest BCUT2D eigenvalue weighted by Crippen LogP contribution is 2.32.